The van der Waals surface area contributed by atoms with E-state index in [4.69, 9.17) is 4.74 Å². The largest absolute Gasteiger partial charge is 0.373 e. The number of nitrogens with one attached hydrogen (secondary N) is 1. The second kappa shape index (κ2) is 7.21. The standard InChI is InChI=1S/C15H22N2O4S/c1-3-9-17(2)22(19,20)16-15(18)11-14-13-7-5-4-6-12(13)8-10-21-14/h4-7,14H,3,8-11H2,1-2H3,(H,16,18)/t14-/m1/s1. The van der Waals surface area contributed by atoms with Crippen molar-refractivity contribution < 1.29 is 17.9 Å². The number of rotatable bonds is 6. The van der Waals surface area contributed by atoms with Gasteiger partial charge in [-0.2, -0.15) is 12.7 Å². The first kappa shape index (κ1) is 16.9. The van der Waals surface area contributed by atoms with E-state index in [9.17, 15) is 13.2 Å². The molecule has 122 valence electrons. The second-order valence-corrected chi connectivity index (χ2v) is 7.14. The van der Waals surface area contributed by atoms with Crippen molar-refractivity contribution in [3.63, 3.8) is 0 Å². The van der Waals surface area contributed by atoms with Gasteiger partial charge in [-0.25, -0.2) is 4.72 Å². The summed E-state index contributed by atoms with van der Waals surface area (Å²) in [5, 5.41) is 0. The summed E-state index contributed by atoms with van der Waals surface area (Å²) in [5.74, 6) is -0.551. The van der Waals surface area contributed by atoms with Crippen molar-refractivity contribution in [2.45, 2.75) is 32.3 Å². The fourth-order valence-electron chi connectivity index (χ4n) is 2.51. The molecule has 1 aliphatic rings. The Morgan fingerprint density at radius 1 is 1.41 bits per heavy atom. The van der Waals surface area contributed by atoms with E-state index in [1.807, 2.05) is 31.2 Å². The normalized spacial score (nSPS) is 18.0. The SMILES string of the molecule is CCCN(C)S(=O)(=O)NC(=O)C[C@H]1OCCc2ccccc21. The molecule has 0 fully saturated rings. The summed E-state index contributed by atoms with van der Waals surface area (Å²) in [5.41, 5.74) is 2.11. The van der Waals surface area contributed by atoms with Gasteiger partial charge in [-0.1, -0.05) is 31.2 Å². The summed E-state index contributed by atoms with van der Waals surface area (Å²) in [7, 11) is -2.32. The van der Waals surface area contributed by atoms with E-state index in [2.05, 4.69) is 4.72 Å². The van der Waals surface area contributed by atoms with Crippen molar-refractivity contribution in [1.29, 1.82) is 0 Å². The second-order valence-electron chi connectivity index (χ2n) is 5.36. The van der Waals surface area contributed by atoms with Crippen LogP contribution in [0.1, 0.15) is 37.0 Å². The zero-order valence-corrected chi connectivity index (χ0v) is 13.7. The van der Waals surface area contributed by atoms with Gasteiger partial charge in [0.15, 0.2) is 0 Å². The Kier molecular flexibility index (Phi) is 5.55. The molecule has 2 rings (SSSR count). The molecule has 7 heteroatoms. The van der Waals surface area contributed by atoms with Gasteiger partial charge in [0.05, 0.1) is 19.1 Å². The lowest BCUT2D eigenvalue weighted by Crippen LogP contribution is -2.42. The summed E-state index contributed by atoms with van der Waals surface area (Å²) in [6, 6.07) is 7.77. The van der Waals surface area contributed by atoms with Crippen LogP contribution in [0.15, 0.2) is 24.3 Å². The third-order valence-electron chi connectivity index (χ3n) is 3.65. The van der Waals surface area contributed by atoms with Gasteiger partial charge in [0.1, 0.15) is 0 Å². The molecule has 1 heterocycles. The Labute approximate surface area is 131 Å². The molecule has 0 aliphatic carbocycles. The maximum absolute atomic E-state index is 12.0. The molecule has 0 spiro atoms. The first-order valence-electron chi connectivity index (χ1n) is 7.40. The van der Waals surface area contributed by atoms with Crippen LogP contribution in [-0.4, -0.2) is 38.8 Å². The molecular weight excluding hydrogens is 304 g/mol. The van der Waals surface area contributed by atoms with Crippen molar-refractivity contribution in [3.8, 4) is 0 Å². The predicted molar refractivity (Wildman–Crippen MR) is 83.4 cm³/mol. The van der Waals surface area contributed by atoms with Crippen LogP contribution in [0.25, 0.3) is 0 Å². The van der Waals surface area contributed by atoms with Gasteiger partial charge >= 0.3 is 10.2 Å². The van der Waals surface area contributed by atoms with Gasteiger partial charge in [0, 0.05) is 13.6 Å². The fraction of sp³-hybridized carbons (Fsp3) is 0.533. The summed E-state index contributed by atoms with van der Waals surface area (Å²) >= 11 is 0. The third-order valence-corrected chi connectivity index (χ3v) is 5.14. The number of ether oxygens (including phenoxy) is 1. The topological polar surface area (TPSA) is 75.7 Å². The first-order chi connectivity index (χ1) is 10.4. The number of benzene rings is 1. The van der Waals surface area contributed by atoms with Gasteiger partial charge < -0.3 is 4.74 Å². The molecule has 1 N–H and O–H groups in total. The molecule has 0 unspecified atom stereocenters. The predicted octanol–water partition coefficient (Wildman–Crippen LogP) is 1.39. The highest BCUT2D eigenvalue weighted by atomic mass is 32.2. The highest BCUT2D eigenvalue weighted by Crippen LogP contribution is 2.29. The van der Waals surface area contributed by atoms with E-state index < -0.39 is 22.2 Å². The molecule has 1 aliphatic heterocycles. The Morgan fingerprint density at radius 2 is 2.14 bits per heavy atom. The molecule has 22 heavy (non-hydrogen) atoms. The molecule has 0 saturated carbocycles. The maximum Gasteiger partial charge on any atom is 0.303 e. The average molecular weight is 326 g/mol. The van der Waals surface area contributed by atoms with Crippen molar-refractivity contribution in [1.82, 2.24) is 9.03 Å². The van der Waals surface area contributed by atoms with Crippen molar-refractivity contribution in [3.05, 3.63) is 35.4 Å². The Hall–Kier alpha value is -1.44. The molecule has 0 bridgehead atoms. The number of fused-ring (bicyclic) bond motifs is 1. The van der Waals surface area contributed by atoms with Crippen LogP contribution < -0.4 is 4.72 Å². The van der Waals surface area contributed by atoms with E-state index in [1.165, 1.54) is 7.05 Å². The van der Waals surface area contributed by atoms with Crippen molar-refractivity contribution in [2.75, 3.05) is 20.2 Å². The molecule has 6 nitrogen and oxygen atoms in total. The molecule has 0 aromatic heterocycles. The molecular formula is C15H22N2O4S. The van der Waals surface area contributed by atoms with Crippen LogP contribution in [0.3, 0.4) is 0 Å². The first-order valence-corrected chi connectivity index (χ1v) is 8.84. The quantitative estimate of drug-likeness (QED) is 0.857. The number of hydrogen-bond donors (Lipinski definition) is 1. The fourth-order valence-corrected chi connectivity index (χ4v) is 3.46. The lowest BCUT2D eigenvalue weighted by molar-refractivity contribution is -0.122. The number of amides is 1. The number of carbonyl (C=O) groups excluding carboxylic acids is 1. The van der Waals surface area contributed by atoms with Crippen LogP contribution >= 0.6 is 0 Å². The lowest BCUT2D eigenvalue weighted by atomic mass is 9.96. The van der Waals surface area contributed by atoms with Crippen LogP contribution in [0.2, 0.25) is 0 Å². The Balaban J connectivity index is 2.02. The van der Waals surface area contributed by atoms with E-state index in [-0.39, 0.29) is 6.42 Å². The minimum atomic E-state index is -3.77. The number of nitrogens with zero attached hydrogens (tertiary/aromatic N) is 1. The van der Waals surface area contributed by atoms with Gasteiger partial charge in [0.2, 0.25) is 5.91 Å². The highest BCUT2D eigenvalue weighted by Gasteiger charge is 2.26. The summed E-state index contributed by atoms with van der Waals surface area (Å²) in [6.45, 7) is 2.78. The van der Waals surface area contributed by atoms with Gasteiger partial charge in [-0.3, -0.25) is 4.79 Å². The van der Waals surface area contributed by atoms with Gasteiger partial charge in [-0.05, 0) is 24.0 Å². The lowest BCUT2D eigenvalue weighted by Gasteiger charge is -2.26. The van der Waals surface area contributed by atoms with E-state index in [0.29, 0.717) is 19.6 Å². The monoisotopic (exact) mass is 326 g/mol. The smallest absolute Gasteiger partial charge is 0.303 e. The van der Waals surface area contributed by atoms with E-state index in [0.717, 1.165) is 21.9 Å². The zero-order chi connectivity index (χ0) is 16.2. The van der Waals surface area contributed by atoms with Crippen LogP contribution in [0, 0.1) is 0 Å². The van der Waals surface area contributed by atoms with Crippen LogP contribution in [0.4, 0.5) is 0 Å². The maximum atomic E-state index is 12.0. The van der Waals surface area contributed by atoms with E-state index >= 15 is 0 Å². The zero-order valence-electron chi connectivity index (χ0n) is 12.9. The minimum Gasteiger partial charge on any atom is -0.373 e. The average Bonchev–Trinajstić information content (AvgIpc) is 2.47. The van der Waals surface area contributed by atoms with Crippen molar-refractivity contribution in [2.24, 2.45) is 0 Å². The summed E-state index contributed by atoms with van der Waals surface area (Å²) in [4.78, 5) is 12.0. The molecule has 0 radical (unpaired) electrons. The third kappa shape index (κ3) is 4.06. The van der Waals surface area contributed by atoms with Crippen LogP contribution in [-0.2, 0) is 26.2 Å². The minimum absolute atomic E-state index is 0.00376. The molecule has 1 atom stereocenters. The molecule has 0 saturated heterocycles. The molecule has 1 aromatic carbocycles. The molecule has 1 aromatic rings. The number of hydrogen-bond acceptors (Lipinski definition) is 4. The van der Waals surface area contributed by atoms with Gasteiger partial charge in [-0.15, -0.1) is 0 Å². The summed E-state index contributed by atoms with van der Waals surface area (Å²) in [6.07, 6.45) is 1.10. The van der Waals surface area contributed by atoms with E-state index in [1.54, 1.807) is 0 Å². The van der Waals surface area contributed by atoms with Crippen molar-refractivity contribution >= 4 is 16.1 Å². The summed E-state index contributed by atoms with van der Waals surface area (Å²) < 4.78 is 32.8. The Bertz CT molecular complexity index is 630. The Morgan fingerprint density at radius 3 is 2.86 bits per heavy atom. The number of carbonyl (C=O) groups is 1. The van der Waals surface area contributed by atoms with Crippen LogP contribution in [0.5, 0.6) is 0 Å². The highest BCUT2D eigenvalue weighted by molar-refractivity contribution is 7.87. The molecule has 1 amide bonds. The van der Waals surface area contributed by atoms with Gasteiger partial charge in [0.25, 0.3) is 0 Å².